The number of nitrogens with zero attached hydrogens (tertiary/aromatic N) is 4. The third kappa shape index (κ3) is 4.62. The number of alkyl halides is 3. The molecule has 0 saturated carbocycles. The molecule has 3 heterocycles. The fourth-order valence-corrected chi connectivity index (χ4v) is 3.96. The van der Waals surface area contributed by atoms with Crippen LogP contribution < -0.4 is 0 Å². The number of ether oxygens (including phenoxy) is 1. The summed E-state index contributed by atoms with van der Waals surface area (Å²) in [5, 5.41) is 5.06. The quantitative estimate of drug-likeness (QED) is 0.584. The molecule has 1 fully saturated rings. The number of pyridine rings is 1. The first-order valence-electron chi connectivity index (χ1n) is 9.98. The lowest BCUT2D eigenvalue weighted by molar-refractivity contribution is -0.252. The van der Waals surface area contributed by atoms with Gasteiger partial charge < -0.3 is 4.74 Å². The lowest BCUT2D eigenvalue weighted by atomic mass is 10.00. The van der Waals surface area contributed by atoms with Crippen molar-refractivity contribution in [3.8, 4) is 11.1 Å². The Bertz CT molecular complexity index is 1130. The summed E-state index contributed by atoms with van der Waals surface area (Å²) in [6.07, 6.45) is -3.12. The summed E-state index contributed by atoms with van der Waals surface area (Å²) in [6, 6.07) is 7.37. The van der Waals surface area contributed by atoms with E-state index in [4.69, 9.17) is 4.74 Å². The van der Waals surface area contributed by atoms with Crippen molar-refractivity contribution in [3.05, 3.63) is 47.9 Å². The fourth-order valence-electron chi connectivity index (χ4n) is 3.96. The van der Waals surface area contributed by atoms with Crippen LogP contribution in [0.2, 0.25) is 0 Å². The van der Waals surface area contributed by atoms with Crippen molar-refractivity contribution in [3.63, 3.8) is 0 Å². The van der Waals surface area contributed by atoms with Crippen LogP contribution in [-0.4, -0.2) is 56.9 Å². The molecule has 2 atom stereocenters. The van der Waals surface area contributed by atoms with Crippen LogP contribution in [-0.2, 0) is 18.3 Å². The van der Waals surface area contributed by atoms with Crippen molar-refractivity contribution < 1.29 is 22.7 Å². The molecule has 0 bridgehead atoms. The number of carbonyl (C=O) groups excluding carboxylic acids is 1. The van der Waals surface area contributed by atoms with Crippen LogP contribution in [0.5, 0.6) is 0 Å². The molecule has 0 spiro atoms. The normalized spacial score (nSPS) is 20.3. The smallest absolute Gasteiger partial charge is 0.363 e. The highest BCUT2D eigenvalue weighted by Gasteiger charge is 2.44. The van der Waals surface area contributed by atoms with E-state index in [1.165, 1.54) is 6.92 Å². The van der Waals surface area contributed by atoms with Gasteiger partial charge >= 0.3 is 6.18 Å². The minimum absolute atomic E-state index is 0.160. The molecular formula is C22H23F3N4O2. The first kappa shape index (κ1) is 21.5. The number of hydrogen-bond acceptors (Lipinski definition) is 5. The largest absolute Gasteiger partial charge is 0.415 e. The zero-order chi connectivity index (χ0) is 22.3. The maximum absolute atomic E-state index is 13.2. The van der Waals surface area contributed by atoms with E-state index < -0.39 is 18.4 Å². The summed E-state index contributed by atoms with van der Waals surface area (Å²) in [4.78, 5) is 18.3. The van der Waals surface area contributed by atoms with Crippen molar-refractivity contribution in [2.75, 3.05) is 13.1 Å². The maximum Gasteiger partial charge on any atom is 0.415 e. The second kappa shape index (κ2) is 8.05. The molecule has 1 aromatic carbocycles. The molecule has 9 heteroatoms. The Labute approximate surface area is 177 Å². The van der Waals surface area contributed by atoms with Gasteiger partial charge in [-0.05, 0) is 30.2 Å². The van der Waals surface area contributed by atoms with Gasteiger partial charge in [0.15, 0.2) is 11.9 Å². The van der Waals surface area contributed by atoms with Gasteiger partial charge in [-0.15, -0.1) is 0 Å². The maximum atomic E-state index is 13.2. The average Bonchev–Trinajstić information content (AvgIpc) is 3.12. The third-order valence-corrected chi connectivity index (χ3v) is 5.36. The molecule has 0 aliphatic carbocycles. The predicted molar refractivity (Wildman–Crippen MR) is 110 cm³/mol. The summed E-state index contributed by atoms with van der Waals surface area (Å²) >= 11 is 0. The lowest BCUT2D eigenvalue weighted by Crippen LogP contribution is -2.51. The Hall–Kier alpha value is -2.78. The number of aromatic nitrogens is 3. The van der Waals surface area contributed by atoms with E-state index in [9.17, 15) is 18.0 Å². The van der Waals surface area contributed by atoms with Crippen LogP contribution in [0, 0.1) is 0 Å². The molecule has 1 saturated heterocycles. The van der Waals surface area contributed by atoms with Gasteiger partial charge in [-0.1, -0.05) is 12.1 Å². The molecule has 0 radical (unpaired) electrons. The summed E-state index contributed by atoms with van der Waals surface area (Å²) < 4.78 is 46.2. The zero-order valence-electron chi connectivity index (χ0n) is 17.5. The minimum atomic E-state index is -4.40. The van der Waals surface area contributed by atoms with E-state index in [0.29, 0.717) is 24.3 Å². The third-order valence-electron chi connectivity index (χ3n) is 5.36. The van der Waals surface area contributed by atoms with Gasteiger partial charge in [-0.2, -0.15) is 18.3 Å². The molecule has 2 aromatic heterocycles. The van der Waals surface area contributed by atoms with E-state index in [2.05, 4.69) is 10.1 Å². The molecule has 0 amide bonds. The summed E-state index contributed by atoms with van der Waals surface area (Å²) in [7, 11) is 1.81. The number of halogens is 3. The van der Waals surface area contributed by atoms with E-state index in [0.717, 1.165) is 22.1 Å². The highest BCUT2D eigenvalue weighted by Crippen LogP contribution is 2.31. The van der Waals surface area contributed by atoms with Crippen LogP contribution in [0.4, 0.5) is 13.2 Å². The van der Waals surface area contributed by atoms with Gasteiger partial charge in [0.05, 0.1) is 17.8 Å². The van der Waals surface area contributed by atoms with Gasteiger partial charge in [0.25, 0.3) is 0 Å². The Morgan fingerprint density at radius 1 is 1.26 bits per heavy atom. The van der Waals surface area contributed by atoms with E-state index in [1.54, 1.807) is 28.8 Å². The molecule has 0 N–H and O–H groups in total. The van der Waals surface area contributed by atoms with Gasteiger partial charge in [0.2, 0.25) is 0 Å². The first-order chi connectivity index (χ1) is 14.6. The minimum Gasteiger partial charge on any atom is -0.363 e. The average molecular weight is 432 g/mol. The molecule has 0 unspecified atom stereocenters. The van der Waals surface area contributed by atoms with Crippen LogP contribution >= 0.6 is 0 Å². The SMILES string of the molecule is CC(=O)c1cc(-c2cnn(C)c2)c2ccc(CN3C[C@H](C)O[C@@H](C(F)(F)F)C3)cc2n1. The number of morpholine rings is 1. The van der Waals surface area contributed by atoms with E-state index in [1.807, 2.05) is 31.4 Å². The van der Waals surface area contributed by atoms with Crippen LogP contribution in [0.25, 0.3) is 22.0 Å². The van der Waals surface area contributed by atoms with Crippen molar-refractivity contribution in [2.24, 2.45) is 7.05 Å². The van der Waals surface area contributed by atoms with Crippen molar-refractivity contribution in [1.82, 2.24) is 19.7 Å². The molecular weight excluding hydrogens is 409 g/mol. The van der Waals surface area contributed by atoms with Crippen molar-refractivity contribution in [1.29, 1.82) is 0 Å². The molecule has 31 heavy (non-hydrogen) atoms. The van der Waals surface area contributed by atoms with Gasteiger partial charge in [0, 0.05) is 50.8 Å². The monoisotopic (exact) mass is 432 g/mol. The zero-order valence-corrected chi connectivity index (χ0v) is 17.5. The highest BCUT2D eigenvalue weighted by atomic mass is 19.4. The molecule has 4 rings (SSSR count). The second-order valence-electron chi connectivity index (χ2n) is 8.04. The number of Topliss-reactive ketones (excluding diaryl/α,β-unsaturated/α-hetero) is 1. The van der Waals surface area contributed by atoms with Crippen LogP contribution in [0.15, 0.2) is 36.7 Å². The Morgan fingerprint density at radius 3 is 2.68 bits per heavy atom. The number of fused-ring (bicyclic) bond motifs is 1. The number of aryl methyl sites for hydroxylation is 1. The molecule has 3 aromatic rings. The number of carbonyl (C=O) groups is 1. The van der Waals surface area contributed by atoms with Gasteiger partial charge in [-0.3, -0.25) is 14.4 Å². The number of hydrogen-bond donors (Lipinski definition) is 0. The van der Waals surface area contributed by atoms with Gasteiger partial charge in [0.1, 0.15) is 5.69 Å². The fraction of sp³-hybridized carbons (Fsp3) is 0.409. The molecule has 1 aliphatic heterocycles. The topological polar surface area (TPSA) is 60.2 Å². The predicted octanol–water partition coefficient (Wildman–Crippen LogP) is 3.99. The number of ketones is 1. The Morgan fingerprint density at radius 2 is 2.03 bits per heavy atom. The number of rotatable bonds is 4. The Kier molecular flexibility index (Phi) is 5.57. The molecule has 1 aliphatic rings. The van der Waals surface area contributed by atoms with Crippen LogP contribution in [0.1, 0.15) is 29.9 Å². The first-order valence-corrected chi connectivity index (χ1v) is 9.98. The van der Waals surface area contributed by atoms with E-state index in [-0.39, 0.29) is 12.3 Å². The second-order valence-corrected chi connectivity index (χ2v) is 8.04. The molecule has 164 valence electrons. The van der Waals surface area contributed by atoms with Crippen molar-refractivity contribution >= 4 is 16.7 Å². The molecule has 6 nitrogen and oxygen atoms in total. The Balaban J connectivity index is 1.68. The number of benzene rings is 1. The van der Waals surface area contributed by atoms with Crippen LogP contribution in [0.3, 0.4) is 0 Å². The van der Waals surface area contributed by atoms with Gasteiger partial charge in [-0.25, -0.2) is 4.98 Å². The summed E-state index contributed by atoms with van der Waals surface area (Å²) in [5.41, 5.74) is 3.48. The summed E-state index contributed by atoms with van der Waals surface area (Å²) in [6.45, 7) is 3.63. The van der Waals surface area contributed by atoms with E-state index >= 15 is 0 Å². The standard InChI is InChI=1S/C22H23F3N4O2/c1-13-9-29(12-21(31-13)22(23,24)25)10-15-4-5-17-18(16-8-26-28(3)11-16)7-19(14(2)30)27-20(17)6-15/h4-8,11,13,21H,9-10,12H2,1-3H3/t13-,21+/m0/s1. The highest BCUT2D eigenvalue weighted by molar-refractivity contribution is 6.01. The van der Waals surface area contributed by atoms with Crippen molar-refractivity contribution in [2.45, 2.75) is 38.8 Å². The summed E-state index contributed by atoms with van der Waals surface area (Å²) in [5.74, 6) is -0.160. The lowest BCUT2D eigenvalue weighted by Gasteiger charge is -2.37.